The highest BCUT2D eigenvalue weighted by molar-refractivity contribution is 5.82. The van der Waals surface area contributed by atoms with E-state index in [-0.39, 0.29) is 0 Å². The average molecular weight is 230 g/mol. The van der Waals surface area contributed by atoms with Crippen molar-refractivity contribution >= 4 is 11.0 Å². The Morgan fingerprint density at radius 3 is 2.47 bits per heavy atom. The van der Waals surface area contributed by atoms with Crippen LogP contribution in [-0.2, 0) is 13.5 Å². The molecule has 0 saturated heterocycles. The fourth-order valence-electron chi connectivity index (χ4n) is 2.36. The third-order valence-electron chi connectivity index (χ3n) is 3.29. The molecule has 0 atom stereocenters. The first-order chi connectivity index (χ1) is 7.79. The minimum absolute atomic E-state index is 0.308. The summed E-state index contributed by atoms with van der Waals surface area (Å²) in [5.41, 5.74) is 5.44. The summed E-state index contributed by atoms with van der Waals surface area (Å²) in [4.78, 5) is 4.55. The van der Waals surface area contributed by atoms with Crippen LogP contribution in [0.15, 0.2) is 12.3 Å². The van der Waals surface area contributed by atoms with Gasteiger partial charge in [-0.05, 0) is 42.9 Å². The minimum atomic E-state index is 0.308. The molecule has 0 amide bonds. The molecule has 2 heteroatoms. The summed E-state index contributed by atoms with van der Waals surface area (Å²) in [5.74, 6) is 0. The average Bonchev–Trinajstić information content (AvgIpc) is 2.42. The van der Waals surface area contributed by atoms with E-state index in [4.69, 9.17) is 0 Å². The zero-order valence-corrected chi connectivity index (χ0v) is 11.8. The van der Waals surface area contributed by atoms with Gasteiger partial charge in [0, 0.05) is 24.3 Å². The molecule has 2 rings (SSSR count). The molecule has 17 heavy (non-hydrogen) atoms. The van der Waals surface area contributed by atoms with Crippen molar-refractivity contribution in [2.75, 3.05) is 0 Å². The Kier molecular flexibility index (Phi) is 2.76. The van der Waals surface area contributed by atoms with E-state index in [2.05, 4.69) is 57.3 Å². The van der Waals surface area contributed by atoms with Crippen LogP contribution in [0.2, 0.25) is 0 Å². The van der Waals surface area contributed by atoms with E-state index in [9.17, 15) is 0 Å². The van der Waals surface area contributed by atoms with Crippen molar-refractivity contribution in [3.63, 3.8) is 0 Å². The first-order valence-corrected chi connectivity index (χ1v) is 6.20. The molecule has 2 heterocycles. The second-order valence-corrected chi connectivity index (χ2v) is 6.24. The molecule has 0 fully saturated rings. The van der Waals surface area contributed by atoms with Crippen LogP contribution < -0.4 is 0 Å². The van der Waals surface area contributed by atoms with Crippen LogP contribution in [0.3, 0.4) is 0 Å². The molecule has 0 bridgehead atoms. The maximum Gasteiger partial charge on any atom is 0.140 e. The second-order valence-electron chi connectivity index (χ2n) is 6.24. The summed E-state index contributed by atoms with van der Waals surface area (Å²) in [6.07, 6.45) is 3.05. The van der Waals surface area contributed by atoms with Gasteiger partial charge < -0.3 is 4.57 Å². The van der Waals surface area contributed by atoms with Crippen LogP contribution in [0, 0.1) is 19.3 Å². The molecule has 0 aliphatic carbocycles. The zero-order valence-electron chi connectivity index (χ0n) is 11.8. The molecule has 2 aromatic rings. The lowest BCUT2D eigenvalue weighted by Crippen LogP contribution is -2.10. The van der Waals surface area contributed by atoms with Crippen LogP contribution in [-0.4, -0.2) is 9.55 Å². The predicted molar refractivity (Wildman–Crippen MR) is 73.3 cm³/mol. The van der Waals surface area contributed by atoms with E-state index in [1.54, 1.807) is 0 Å². The molecule has 0 aromatic carbocycles. The third kappa shape index (κ3) is 2.21. The van der Waals surface area contributed by atoms with Gasteiger partial charge in [-0.3, -0.25) is 0 Å². The summed E-state index contributed by atoms with van der Waals surface area (Å²) in [6, 6.07) is 2.26. The Bertz CT molecular complexity index is 556. The lowest BCUT2D eigenvalue weighted by atomic mass is 9.87. The molecule has 0 aliphatic rings. The van der Waals surface area contributed by atoms with E-state index in [0.29, 0.717) is 5.41 Å². The second kappa shape index (κ2) is 3.86. The molecule has 92 valence electrons. The molecule has 2 nitrogen and oxygen atoms in total. The highest BCUT2D eigenvalue weighted by Gasteiger charge is 2.19. The summed E-state index contributed by atoms with van der Waals surface area (Å²) < 4.78 is 2.20. The molecule has 0 saturated carbocycles. The first kappa shape index (κ1) is 12.2. The largest absolute Gasteiger partial charge is 0.333 e. The highest BCUT2D eigenvalue weighted by Crippen LogP contribution is 2.30. The van der Waals surface area contributed by atoms with Gasteiger partial charge >= 0.3 is 0 Å². The maximum atomic E-state index is 4.55. The number of aryl methyl sites for hydroxylation is 2. The number of hydrogen-bond acceptors (Lipinski definition) is 1. The Balaban J connectivity index is 2.69. The van der Waals surface area contributed by atoms with E-state index in [0.717, 1.165) is 12.1 Å². The predicted octanol–water partition coefficient (Wildman–Crippen LogP) is 3.78. The number of hydrogen-bond donors (Lipinski definition) is 0. The number of aromatic nitrogens is 2. The highest BCUT2D eigenvalue weighted by atomic mass is 15.0. The summed E-state index contributed by atoms with van der Waals surface area (Å²) in [7, 11) is 2.10. The molecule has 0 N–H and O–H groups in total. The van der Waals surface area contributed by atoms with Crippen molar-refractivity contribution < 1.29 is 0 Å². The fraction of sp³-hybridized carbons (Fsp3) is 0.533. The monoisotopic (exact) mass is 230 g/mol. The lowest BCUT2D eigenvalue weighted by molar-refractivity contribution is 0.411. The molecular weight excluding hydrogens is 208 g/mol. The smallest absolute Gasteiger partial charge is 0.140 e. The SMILES string of the molecule is Cc1cnc2c(c1)c(CC(C)(C)C)c(C)n2C. The Labute approximate surface area is 104 Å². The van der Waals surface area contributed by atoms with Gasteiger partial charge in [0.05, 0.1) is 0 Å². The zero-order chi connectivity index (χ0) is 12.8. The van der Waals surface area contributed by atoms with Gasteiger partial charge in [0.25, 0.3) is 0 Å². The van der Waals surface area contributed by atoms with Gasteiger partial charge in [0.2, 0.25) is 0 Å². The van der Waals surface area contributed by atoms with Gasteiger partial charge in [-0.15, -0.1) is 0 Å². The molecule has 0 spiro atoms. The van der Waals surface area contributed by atoms with Crippen molar-refractivity contribution in [1.29, 1.82) is 0 Å². The Hall–Kier alpha value is -1.31. The molecule has 0 radical (unpaired) electrons. The van der Waals surface area contributed by atoms with Gasteiger partial charge in [-0.2, -0.15) is 0 Å². The first-order valence-electron chi connectivity index (χ1n) is 6.20. The van der Waals surface area contributed by atoms with Crippen LogP contribution in [0.5, 0.6) is 0 Å². The summed E-state index contributed by atoms with van der Waals surface area (Å²) in [6.45, 7) is 11.2. The van der Waals surface area contributed by atoms with Crippen molar-refractivity contribution in [1.82, 2.24) is 9.55 Å². The van der Waals surface area contributed by atoms with E-state index in [1.165, 1.54) is 22.2 Å². The van der Waals surface area contributed by atoms with Gasteiger partial charge in [-0.1, -0.05) is 20.8 Å². The third-order valence-corrected chi connectivity index (χ3v) is 3.29. The molecular formula is C15H22N2. The number of rotatable bonds is 1. The Morgan fingerprint density at radius 1 is 1.24 bits per heavy atom. The van der Waals surface area contributed by atoms with Gasteiger partial charge in [-0.25, -0.2) is 4.98 Å². The quantitative estimate of drug-likeness (QED) is 0.729. The fourth-order valence-corrected chi connectivity index (χ4v) is 2.36. The van der Waals surface area contributed by atoms with Crippen LogP contribution >= 0.6 is 0 Å². The van der Waals surface area contributed by atoms with Gasteiger partial charge in [0.15, 0.2) is 0 Å². The topological polar surface area (TPSA) is 17.8 Å². The number of pyridine rings is 1. The normalized spacial score (nSPS) is 12.4. The molecule has 0 aliphatic heterocycles. The lowest BCUT2D eigenvalue weighted by Gasteiger charge is -2.18. The van der Waals surface area contributed by atoms with Crippen molar-refractivity contribution in [2.45, 2.75) is 41.0 Å². The summed E-state index contributed by atoms with van der Waals surface area (Å²) in [5, 5.41) is 1.32. The maximum absolute atomic E-state index is 4.55. The summed E-state index contributed by atoms with van der Waals surface area (Å²) >= 11 is 0. The molecule has 0 unspecified atom stereocenters. The van der Waals surface area contributed by atoms with Crippen LogP contribution in [0.1, 0.15) is 37.6 Å². The Morgan fingerprint density at radius 2 is 1.88 bits per heavy atom. The number of nitrogens with zero attached hydrogens (tertiary/aromatic N) is 2. The number of fused-ring (bicyclic) bond motifs is 1. The van der Waals surface area contributed by atoms with Gasteiger partial charge in [0.1, 0.15) is 5.65 Å². The standard InChI is InChI=1S/C15H22N2/c1-10-7-12-13(8-15(3,4)5)11(2)17(6)14(12)16-9-10/h7,9H,8H2,1-6H3. The molecule has 2 aromatic heterocycles. The van der Waals surface area contributed by atoms with Crippen molar-refractivity contribution in [3.8, 4) is 0 Å². The minimum Gasteiger partial charge on any atom is -0.333 e. The van der Waals surface area contributed by atoms with E-state index < -0.39 is 0 Å². The van der Waals surface area contributed by atoms with Crippen LogP contribution in [0.25, 0.3) is 11.0 Å². The van der Waals surface area contributed by atoms with Crippen molar-refractivity contribution in [2.24, 2.45) is 12.5 Å². The van der Waals surface area contributed by atoms with Crippen molar-refractivity contribution in [3.05, 3.63) is 29.1 Å². The van der Waals surface area contributed by atoms with Crippen LogP contribution in [0.4, 0.5) is 0 Å². The van der Waals surface area contributed by atoms with E-state index >= 15 is 0 Å². The van der Waals surface area contributed by atoms with E-state index in [1.807, 2.05) is 6.20 Å².